The number of rotatable bonds is 7. The largest absolute Gasteiger partial charge is 0.385 e. The summed E-state index contributed by atoms with van der Waals surface area (Å²) < 4.78 is 18.2. The van der Waals surface area contributed by atoms with E-state index in [0.29, 0.717) is 0 Å². The number of halogens is 1. The van der Waals surface area contributed by atoms with Crippen LogP contribution in [0.3, 0.4) is 0 Å². The Morgan fingerprint density at radius 3 is 2.78 bits per heavy atom. The fourth-order valence-corrected chi connectivity index (χ4v) is 1.68. The van der Waals surface area contributed by atoms with E-state index in [0.717, 1.165) is 25.1 Å². The standard InChI is InChI=1S/C14H23FN2O/c1-11(12-7-13(15)9-16-8-12)17-10-14(2,3)5-6-18-4/h7-9,11,17H,5-6,10H2,1-4H3. The molecule has 1 N–H and O–H groups in total. The van der Waals surface area contributed by atoms with E-state index >= 15 is 0 Å². The molecule has 1 unspecified atom stereocenters. The molecule has 0 aliphatic heterocycles. The molecule has 0 saturated heterocycles. The Bertz CT molecular complexity index is 369. The van der Waals surface area contributed by atoms with Crippen LogP contribution in [0.4, 0.5) is 4.39 Å². The Labute approximate surface area is 109 Å². The lowest BCUT2D eigenvalue weighted by atomic mass is 9.89. The number of hydrogen-bond donors (Lipinski definition) is 1. The molecule has 1 rings (SSSR count). The molecule has 0 amide bonds. The maximum atomic E-state index is 13.1. The lowest BCUT2D eigenvalue weighted by Crippen LogP contribution is -2.32. The van der Waals surface area contributed by atoms with Gasteiger partial charge in [-0.3, -0.25) is 4.98 Å². The van der Waals surface area contributed by atoms with Gasteiger partial charge in [0, 0.05) is 32.5 Å². The fourth-order valence-electron chi connectivity index (χ4n) is 1.68. The Hall–Kier alpha value is -1.00. The summed E-state index contributed by atoms with van der Waals surface area (Å²) in [6.45, 7) is 8.01. The molecular formula is C14H23FN2O. The van der Waals surface area contributed by atoms with Gasteiger partial charge in [0.2, 0.25) is 0 Å². The predicted octanol–water partition coefficient (Wildman–Crippen LogP) is 2.93. The van der Waals surface area contributed by atoms with E-state index in [1.54, 1.807) is 13.3 Å². The zero-order chi connectivity index (χ0) is 13.6. The van der Waals surface area contributed by atoms with Crippen LogP contribution >= 0.6 is 0 Å². The topological polar surface area (TPSA) is 34.1 Å². The van der Waals surface area contributed by atoms with E-state index in [1.165, 1.54) is 12.3 Å². The first-order valence-electron chi connectivity index (χ1n) is 6.27. The summed E-state index contributed by atoms with van der Waals surface area (Å²) in [6, 6.07) is 1.61. The quantitative estimate of drug-likeness (QED) is 0.812. The van der Waals surface area contributed by atoms with Gasteiger partial charge in [-0.2, -0.15) is 0 Å². The van der Waals surface area contributed by atoms with Gasteiger partial charge in [-0.15, -0.1) is 0 Å². The molecule has 0 radical (unpaired) electrons. The Morgan fingerprint density at radius 1 is 1.44 bits per heavy atom. The van der Waals surface area contributed by atoms with Gasteiger partial charge in [-0.05, 0) is 30.4 Å². The molecule has 0 saturated carbocycles. The third-order valence-corrected chi connectivity index (χ3v) is 3.10. The molecule has 0 bridgehead atoms. The molecule has 102 valence electrons. The van der Waals surface area contributed by atoms with Crippen LogP contribution < -0.4 is 5.32 Å². The third kappa shape index (κ3) is 5.10. The van der Waals surface area contributed by atoms with Gasteiger partial charge in [-0.1, -0.05) is 13.8 Å². The molecule has 1 atom stereocenters. The van der Waals surface area contributed by atoms with Gasteiger partial charge in [0.15, 0.2) is 0 Å². The number of hydrogen-bond acceptors (Lipinski definition) is 3. The first-order valence-corrected chi connectivity index (χ1v) is 6.27. The van der Waals surface area contributed by atoms with Crippen molar-refractivity contribution in [2.75, 3.05) is 20.3 Å². The van der Waals surface area contributed by atoms with Gasteiger partial charge in [-0.25, -0.2) is 4.39 Å². The Morgan fingerprint density at radius 2 is 2.17 bits per heavy atom. The molecular weight excluding hydrogens is 231 g/mol. The van der Waals surface area contributed by atoms with Gasteiger partial charge in [0.25, 0.3) is 0 Å². The number of nitrogens with one attached hydrogen (secondary N) is 1. The van der Waals surface area contributed by atoms with Crippen molar-refractivity contribution >= 4 is 0 Å². The minimum absolute atomic E-state index is 0.0926. The zero-order valence-corrected chi connectivity index (χ0v) is 11.7. The summed E-state index contributed by atoms with van der Waals surface area (Å²) in [4.78, 5) is 3.86. The third-order valence-electron chi connectivity index (χ3n) is 3.10. The highest BCUT2D eigenvalue weighted by Crippen LogP contribution is 2.21. The van der Waals surface area contributed by atoms with Crippen molar-refractivity contribution in [1.82, 2.24) is 10.3 Å². The SMILES string of the molecule is COCCC(C)(C)CNC(C)c1cncc(F)c1. The zero-order valence-electron chi connectivity index (χ0n) is 11.7. The predicted molar refractivity (Wildman–Crippen MR) is 70.9 cm³/mol. The number of methoxy groups -OCH3 is 1. The molecule has 4 heteroatoms. The van der Waals surface area contributed by atoms with Crippen molar-refractivity contribution in [1.29, 1.82) is 0 Å². The second-order valence-corrected chi connectivity index (χ2v) is 5.45. The van der Waals surface area contributed by atoms with Crippen molar-refractivity contribution in [3.63, 3.8) is 0 Å². The molecule has 0 spiro atoms. The molecule has 18 heavy (non-hydrogen) atoms. The normalized spacial score (nSPS) is 13.6. The van der Waals surface area contributed by atoms with Crippen LogP contribution in [0.1, 0.15) is 38.8 Å². The van der Waals surface area contributed by atoms with Crippen LogP contribution in [0.15, 0.2) is 18.5 Å². The smallest absolute Gasteiger partial charge is 0.141 e. The summed E-state index contributed by atoms with van der Waals surface area (Å²) in [6.07, 6.45) is 3.91. The second-order valence-electron chi connectivity index (χ2n) is 5.45. The lowest BCUT2D eigenvalue weighted by molar-refractivity contribution is 0.149. The molecule has 1 aromatic heterocycles. The van der Waals surface area contributed by atoms with Crippen molar-refractivity contribution in [3.8, 4) is 0 Å². The molecule has 1 aromatic rings. The monoisotopic (exact) mass is 254 g/mol. The highest BCUT2D eigenvalue weighted by atomic mass is 19.1. The number of nitrogens with zero attached hydrogens (tertiary/aromatic N) is 1. The molecule has 0 fully saturated rings. The van der Waals surface area contributed by atoms with Gasteiger partial charge in [0.1, 0.15) is 5.82 Å². The van der Waals surface area contributed by atoms with Crippen molar-refractivity contribution in [2.24, 2.45) is 5.41 Å². The van der Waals surface area contributed by atoms with Crippen LogP contribution in [0.5, 0.6) is 0 Å². The number of pyridine rings is 1. The van der Waals surface area contributed by atoms with E-state index in [2.05, 4.69) is 24.1 Å². The van der Waals surface area contributed by atoms with Gasteiger partial charge >= 0.3 is 0 Å². The van der Waals surface area contributed by atoms with Crippen LogP contribution in [-0.2, 0) is 4.74 Å². The molecule has 0 aliphatic rings. The Kier molecular flexibility index (Phi) is 5.69. The van der Waals surface area contributed by atoms with E-state index in [1.807, 2.05) is 6.92 Å². The van der Waals surface area contributed by atoms with E-state index < -0.39 is 0 Å². The average Bonchev–Trinajstić information content (AvgIpc) is 2.34. The number of ether oxygens (including phenoxy) is 1. The van der Waals surface area contributed by atoms with Crippen molar-refractivity contribution < 1.29 is 9.13 Å². The summed E-state index contributed by atoms with van der Waals surface area (Å²) in [5.41, 5.74) is 1.03. The van der Waals surface area contributed by atoms with Crippen LogP contribution in [0, 0.1) is 11.2 Å². The minimum atomic E-state index is -0.292. The number of aromatic nitrogens is 1. The van der Waals surface area contributed by atoms with E-state index in [9.17, 15) is 4.39 Å². The maximum Gasteiger partial charge on any atom is 0.141 e. The molecule has 3 nitrogen and oxygen atoms in total. The lowest BCUT2D eigenvalue weighted by Gasteiger charge is -2.27. The second kappa shape index (κ2) is 6.81. The first kappa shape index (κ1) is 15.1. The highest BCUT2D eigenvalue weighted by molar-refractivity contribution is 5.14. The van der Waals surface area contributed by atoms with Crippen LogP contribution in [-0.4, -0.2) is 25.2 Å². The van der Waals surface area contributed by atoms with Crippen LogP contribution in [0.25, 0.3) is 0 Å². The summed E-state index contributed by atoms with van der Waals surface area (Å²) in [5.74, 6) is -0.292. The van der Waals surface area contributed by atoms with Gasteiger partial charge in [0.05, 0.1) is 6.20 Å². The first-order chi connectivity index (χ1) is 8.44. The van der Waals surface area contributed by atoms with Gasteiger partial charge < -0.3 is 10.1 Å². The van der Waals surface area contributed by atoms with E-state index in [-0.39, 0.29) is 17.3 Å². The molecule has 1 heterocycles. The molecule has 0 aliphatic carbocycles. The highest BCUT2D eigenvalue weighted by Gasteiger charge is 2.18. The molecule has 0 aromatic carbocycles. The van der Waals surface area contributed by atoms with Crippen molar-refractivity contribution in [3.05, 3.63) is 29.8 Å². The minimum Gasteiger partial charge on any atom is -0.385 e. The average molecular weight is 254 g/mol. The van der Waals surface area contributed by atoms with E-state index in [4.69, 9.17) is 4.74 Å². The summed E-state index contributed by atoms with van der Waals surface area (Å²) >= 11 is 0. The fraction of sp³-hybridized carbons (Fsp3) is 0.643. The summed E-state index contributed by atoms with van der Waals surface area (Å²) in [5, 5.41) is 3.41. The summed E-state index contributed by atoms with van der Waals surface area (Å²) in [7, 11) is 1.71. The maximum absolute atomic E-state index is 13.1. The van der Waals surface area contributed by atoms with Crippen molar-refractivity contribution in [2.45, 2.75) is 33.2 Å². The van der Waals surface area contributed by atoms with Crippen LogP contribution in [0.2, 0.25) is 0 Å². The Balaban J connectivity index is 2.48.